The maximum absolute atomic E-state index is 12.2. The summed E-state index contributed by atoms with van der Waals surface area (Å²) in [7, 11) is 2.92. The van der Waals surface area contributed by atoms with Crippen LogP contribution >= 0.6 is 11.8 Å². The fourth-order valence-corrected chi connectivity index (χ4v) is 2.97. The molecule has 0 radical (unpaired) electrons. The van der Waals surface area contributed by atoms with E-state index in [1.807, 2.05) is 0 Å². The monoisotopic (exact) mass is 281 g/mol. The number of benzene rings is 1. The molecule has 1 fully saturated rings. The van der Waals surface area contributed by atoms with E-state index in [1.54, 1.807) is 31.4 Å². The molecule has 6 heteroatoms. The number of methoxy groups -OCH3 is 2. The quantitative estimate of drug-likeness (QED) is 0.658. The van der Waals surface area contributed by atoms with Crippen LogP contribution in [0.5, 0.6) is 5.75 Å². The largest absolute Gasteiger partial charge is 0.497 e. The molecule has 1 aromatic carbocycles. The minimum absolute atomic E-state index is 0.0425. The lowest BCUT2D eigenvalue weighted by molar-refractivity contribution is -0.142. The Hall–Kier alpha value is -1.53. The molecule has 102 valence electrons. The van der Waals surface area contributed by atoms with Crippen LogP contribution in [0.4, 0.5) is 0 Å². The summed E-state index contributed by atoms with van der Waals surface area (Å²) >= 11 is 1.41. The molecule has 0 saturated carbocycles. The Morgan fingerprint density at radius 2 is 1.95 bits per heavy atom. The molecule has 0 aliphatic carbocycles. The highest BCUT2D eigenvalue weighted by Gasteiger charge is 2.34. The highest BCUT2D eigenvalue weighted by Crippen LogP contribution is 2.23. The Balaban J connectivity index is 2.02. The molecule has 1 aliphatic heterocycles. The molecule has 0 amide bonds. The van der Waals surface area contributed by atoms with Crippen LogP contribution in [0.2, 0.25) is 0 Å². The number of thioether (sulfide) groups is 1. The Bertz CT molecular complexity index is 474. The molecule has 1 aliphatic rings. The van der Waals surface area contributed by atoms with Crippen molar-refractivity contribution in [1.29, 1.82) is 0 Å². The van der Waals surface area contributed by atoms with Crippen LogP contribution in [-0.2, 0) is 9.53 Å². The van der Waals surface area contributed by atoms with Crippen molar-refractivity contribution < 1.29 is 19.1 Å². The molecule has 2 atom stereocenters. The molecule has 1 heterocycles. The van der Waals surface area contributed by atoms with Crippen molar-refractivity contribution in [3.05, 3.63) is 29.8 Å². The molecule has 1 saturated heterocycles. The summed E-state index contributed by atoms with van der Waals surface area (Å²) in [5.74, 6) is 0.867. The van der Waals surface area contributed by atoms with E-state index in [-0.39, 0.29) is 11.8 Å². The average molecular weight is 281 g/mol. The van der Waals surface area contributed by atoms with Crippen LogP contribution in [0.3, 0.4) is 0 Å². The number of rotatable bonds is 4. The van der Waals surface area contributed by atoms with Gasteiger partial charge in [-0.25, -0.2) is 0 Å². The first-order valence-electron chi connectivity index (χ1n) is 5.79. The number of hydrogen-bond acceptors (Lipinski definition) is 6. The van der Waals surface area contributed by atoms with E-state index < -0.39 is 11.4 Å². The number of carbonyl (C=O) groups is 2. The maximum Gasteiger partial charge on any atom is 0.323 e. The van der Waals surface area contributed by atoms with Gasteiger partial charge in [-0.2, -0.15) is 0 Å². The maximum atomic E-state index is 12.2. The van der Waals surface area contributed by atoms with Crippen molar-refractivity contribution >= 4 is 23.5 Å². The Labute approximate surface area is 115 Å². The van der Waals surface area contributed by atoms with E-state index >= 15 is 0 Å². The third-order valence-electron chi connectivity index (χ3n) is 2.88. The normalized spacial score (nSPS) is 22.0. The fraction of sp³-hybridized carbons (Fsp3) is 0.385. The third-order valence-corrected chi connectivity index (χ3v) is 4.09. The molecule has 0 aromatic heterocycles. The number of ketones is 1. The van der Waals surface area contributed by atoms with E-state index in [4.69, 9.17) is 4.74 Å². The van der Waals surface area contributed by atoms with Crippen molar-refractivity contribution in [2.75, 3.05) is 20.0 Å². The van der Waals surface area contributed by atoms with Gasteiger partial charge in [-0.1, -0.05) is 0 Å². The van der Waals surface area contributed by atoms with Crippen molar-refractivity contribution in [2.45, 2.75) is 11.4 Å². The van der Waals surface area contributed by atoms with Crippen molar-refractivity contribution in [1.82, 2.24) is 5.32 Å². The highest BCUT2D eigenvalue weighted by atomic mass is 32.2. The Morgan fingerprint density at radius 3 is 2.53 bits per heavy atom. The molecule has 0 bridgehead atoms. The van der Waals surface area contributed by atoms with Gasteiger partial charge in [0.25, 0.3) is 0 Å². The summed E-state index contributed by atoms with van der Waals surface area (Å²) in [6.07, 6.45) is 0. The molecule has 1 N–H and O–H groups in total. The molecule has 0 unspecified atom stereocenters. The summed E-state index contributed by atoms with van der Waals surface area (Å²) in [5, 5.41) is 2.57. The third kappa shape index (κ3) is 3.08. The Kier molecular flexibility index (Phi) is 4.44. The zero-order chi connectivity index (χ0) is 13.8. The van der Waals surface area contributed by atoms with Gasteiger partial charge in [-0.3, -0.25) is 14.9 Å². The van der Waals surface area contributed by atoms with Gasteiger partial charge in [0, 0.05) is 11.3 Å². The second kappa shape index (κ2) is 6.08. The molecule has 2 rings (SSSR count). The van der Waals surface area contributed by atoms with Crippen LogP contribution < -0.4 is 10.1 Å². The van der Waals surface area contributed by atoms with Crippen LogP contribution in [-0.4, -0.2) is 43.1 Å². The van der Waals surface area contributed by atoms with E-state index in [0.29, 0.717) is 17.1 Å². The fourth-order valence-electron chi connectivity index (χ4n) is 1.81. The van der Waals surface area contributed by atoms with E-state index in [9.17, 15) is 9.59 Å². The Morgan fingerprint density at radius 1 is 1.26 bits per heavy atom. The smallest absolute Gasteiger partial charge is 0.323 e. The van der Waals surface area contributed by atoms with Gasteiger partial charge in [-0.05, 0) is 24.3 Å². The number of carbonyl (C=O) groups excluding carboxylic acids is 2. The van der Waals surface area contributed by atoms with Crippen LogP contribution in [0.25, 0.3) is 0 Å². The zero-order valence-corrected chi connectivity index (χ0v) is 11.5. The van der Waals surface area contributed by atoms with Gasteiger partial charge in [0.05, 0.1) is 14.2 Å². The second-order valence-corrected chi connectivity index (χ2v) is 5.19. The van der Waals surface area contributed by atoms with Crippen LogP contribution in [0, 0.1) is 0 Å². The average Bonchev–Trinajstić information content (AvgIpc) is 2.95. The van der Waals surface area contributed by atoms with Crippen molar-refractivity contribution in [3.8, 4) is 5.75 Å². The lowest BCUT2D eigenvalue weighted by Gasteiger charge is -2.11. The standard InChI is InChI=1S/C13H15NO4S/c1-17-9-5-3-8(4-6-9)11(15)12-14-10(7-19-12)13(16)18-2/h3-6,10,12,14H,7H2,1-2H3/t10-,12+/m0/s1. The SMILES string of the molecule is COC(=O)[C@@H]1CS[C@H](C(=O)c2ccc(OC)cc2)N1. The molecule has 1 aromatic rings. The number of nitrogens with one attached hydrogen (secondary N) is 1. The summed E-state index contributed by atoms with van der Waals surface area (Å²) in [4.78, 5) is 23.6. The predicted octanol–water partition coefficient (Wildman–Crippen LogP) is 1.08. The van der Waals surface area contributed by atoms with Gasteiger partial charge in [-0.15, -0.1) is 11.8 Å². The van der Waals surface area contributed by atoms with Crippen molar-refractivity contribution in [2.24, 2.45) is 0 Å². The summed E-state index contributed by atoms with van der Waals surface area (Å²) in [5.41, 5.74) is 0.594. The highest BCUT2D eigenvalue weighted by molar-refractivity contribution is 8.00. The van der Waals surface area contributed by atoms with E-state index in [0.717, 1.165) is 0 Å². The number of Topliss-reactive ketones (excluding diaryl/α,β-unsaturated/α-hetero) is 1. The van der Waals surface area contributed by atoms with Gasteiger partial charge in [0.1, 0.15) is 17.2 Å². The number of ether oxygens (including phenoxy) is 2. The summed E-state index contributed by atoms with van der Waals surface area (Å²) in [6.45, 7) is 0. The van der Waals surface area contributed by atoms with E-state index in [2.05, 4.69) is 10.1 Å². The van der Waals surface area contributed by atoms with Gasteiger partial charge in [0.15, 0.2) is 5.78 Å². The topological polar surface area (TPSA) is 64.6 Å². The summed E-state index contributed by atoms with van der Waals surface area (Å²) < 4.78 is 9.70. The molecule has 5 nitrogen and oxygen atoms in total. The first-order chi connectivity index (χ1) is 9.15. The van der Waals surface area contributed by atoms with Gasteiger partial charge in [0.2, 0.25) is 0 Å². The predicted molar refractivity (Wildman–Crippen MR) is 72.5 cm³/mol. The minimum Gasteiger partial charge on any atom is -0.497 e. The second-order valence-electron chi connectivity index (χ2n) is 4.05. The first kappa shape index (κ1) is 13.9. The first-order valence-corrected chi connectivity index (χ1v) is 6.84. The van der Waals surface area contributed by atoms with Gasteiger partial charge < -0.3 is 9.47 Å². The minimum atomic E-state index is -0.415. The van der Waals surface area contributed by atoms with Crippen molar-refractivity contribution in [3.63, 3.8) is 0 Å². The lowest BCUT2D eigenvalue weighted by Crippen LogP contribution is -2.40. The van der Waals surface area contributed by atoms with Gasteiger partial charge >= 0.3 is 5.97 Å². The number of hydrogen-bond donors (Lipinski definition) is 1. The summed E-state index contributed by atoms with van der Waals surface area (Å²) in [6, 6.07) is 6.50. The van der Waals surface area contributed by atoms with Crippen LogP contribution in [0.15, 0.2) is 24.3 Å². The number of esters is 1. The lowest BCUT2D eigenvalue weighted by atomic mass is 10.1. The molecule has 0 spiro atoms. The van der Waals surface area contributed by atoms with Crippen LogP contribution in [0.1, 0.15) is 10.4 Å². The molecule has 19 heavy (non-hydrogen) atoms. The zero-order valence-electron chi connectivity index (χ0n) is 10.7. The molecular formula is C13H15NO4S. The molecular weight excluding hydrogens is 266 g/mol. The van der Waals surface area contributed by atoms with E-state index in [1.165, 1.54) is 18.9 Å².